The van der Waals surface area contributed by atoms with Crippen LogP contribution in [0.3, 0.4) is 0 Å². The number of nitrogens with zero attached hydrogens (tertiary/aromatic N) is 2. The van der Waals surface area contributed by atoms with E-state index < -0.39 is 15.8 Å². The number of halogens is 2. The van der Waals surface area contributed by atoms with Crippen LogP contribution in [-0.4, -0.2) is 38.9 Å². The van der Waals surface area contributed by atoms with Crippen LogP contribution in [0.4, 0.5) is 14.5 Å². The average molecular weight is 352 g/mol. The minimum Gasteiger partial charge on any atom is -0.369 e. The first kappa shape index (κ1) is 16.9. The first-order valence-corrected chi connectivity index (χ1v) is 9.09. The predicted molar refractivity (Wildman–Crippen MR) is 88.5 cm³/mol. The highest BCUT2D eigenvalue weighted by Gasteiger charge is 2.29. The Bertz CT molecular complexity index is 830. The van der Waals surface area contributed by atoms with Gasteiger partial charge in [-0.05, 0) is 55.0 Å². The quantitative estimate of drug-likeness (QED) is 0.853. The van der Waals surface area contributed by atoms with E-state index in [1.165, 1.54) is 28.6 Å². The molecule has 0 aromatic heterocycles. The van der Waals surface area contributed by atoms with Gasteiger partial charge in [0.05, 0.1) is 4.90 Å². The summed E-state index contributed by atoms with van der Waals surface area (Å²) in [5.41, 5.74) is 1.27. The number of anilines is 1. The summed E-state index contributed by atoms with van der Waals surface area (Å²) in [6.07, 6.45) is 0. The lowest BCUT2D eigenvalue weighted by molar-refractivity contribution is 0.384. The SMILES string of the molecule is Cc1cc(F)ccc1S(=O)(=O)N1CCN(c2ccc(F)cc2)CC1. The van der Waals surface area contributed by atoms with Crippen molar-refractivity contribution in [2.24, 2.45) is 0 Å². The van der Waals surface area contributed by atoms with E-state index in [1.54, 1.807) is 19.1 Å². The van der Waals surface area contributed by atoms with E-state index in [4.69, 9.17) is 0 Å². The summed E-state index contributed by atoms with van der Waals surface area (Å²) < 4.78 is 53.1. The molecule has 0 N–H and O–H groups in total. The number of benzene rings is 2. The third-order valence-corrected chi connectivity index (χ3v) is 6.24. The van der Waals surface area contributed by atoms with Gasteiger partial charge in [0.1, 0.15) is 11.6 Å². The van der Waals surface area contributed by atoms with Crippen molar-refractivity contribution in [3.8, 4) is 0 Å². The Morgan fingerprint density at radius 1 is 0.875 bits per heavy atom. The Labute approximate surface area is 140 Å². The normalized spacial score (nSPS) is 16.4. The Hall–Kier alpha value is -1.99. The second-order valence-corrected chi connectivity index (χ2v) is 7.68. The zero-order valence-electron chi connectivity index (χ0n) is 13.2. The van der Waals surface area contributed by atoms with Crippen molar-refractivity contribution in [3.63, 3.8) is 0 Å². The minimum absolute atomic E-state index is 0.138. The number of sulfonamides is 1. The molecule has 0 unspecified atom stereocenters. The summed E-state index contributed by atoms with van der Waals surface area (Å²) in [6.45, 7) is 3.29. The molecule has 1 saturated heterocycles. The molecule has 7 heteroatoms. The van der Waals surface area contributed by atoms with E-state index in [-0.39, 0.29) is 10.7 Å². The highest BCUT2D eigenvalue weighted by molar-refractivity contribution is 7.89. The molecule has 1 aliphatic rings. The molecule has 0 bridgehead atoms. The van der Waals surface area contributed by atoms with Crippen LogP contribution in [-0.2, 0) is 10.0 Å². The maximum atomic E-state index is 13.2. The van der Waals surface area contributed by atoms with Crippen LogP contribution in [0.5, 0.6) is 0 Å². The average Bonchev–Trinajstić information content (AvgIpc) is 2.55. The largest absolute Gasteiger partial charge is 0.369 e. The molecule has 2 aromatic carbocycles. The van der Waals surface area contributed by atoms with Crippen LogP contribution in [0.1, 0.15) is 5.56 Å². The fourth-order valence-electron chi connectivity index (χ4n) is 2.88. The number of hydrogen-bond donors (Lipinski definition) is 0. The van der Waals surface area contributed by atoms with Crippen molar-refractivity contribution >= 4 is 15.7 Å². The van der Waals surface area contributed by atoms with Gasteiger partial charge in [0, 0.05) is 31.9 Å². The molecule has 128 valence electrons. The van der Waals surface area contributed by atoms with Crippen LogP contribution in [0, 0.1) is 18.6 Å². The summed E-state index contributed by atoms with van der Waals surface area (Å²) >= 11 is 0. The van der Waals surface area contributed by atoms with Crippen LogP contribution in [0.15, 0.2) is 47.4 Å². The first-order chi connectivity index (χ1) is 11.4. The third kappa shape index (κ3) is 3.27. The summed E-state index contributed by atoms with van der Waals surface area (Å²) in [4.78, 5) is 2.15. The first-order valence-electron chi connectivity index (χ1n) is 7.65. The molecular formula is C17H18F2N2O2S. The number of rotatable bonds is 3. The van der Waals surface area contributed by atoms with Crippen molar-refractivity contribution in [2.75, 3.05) is 31.1 Å². The lowest BCUT2D eigenvalue weighted by Gasteiger charge is -2.35. The van der Waals surface area contributed by atoms with Crippen LogP contribution < -0.4 is 4.90 Å². The Balaban J connectivity index is 1.75. The van der Waals surface area contributed by atoms with Crippen molar-refractivity contribution < 1.29 is 17.2 Å². The zero-order chi connectivity index (χ0) is 17.3. The van der Waals surface area contributed by atoms with E-state index in [2.05, 4.69) is 0 Å². The van der Waals surface area contributed by atoms with Crippen molar-refractivity contribution in [1.82, 2.24) is 4.31 Å². The smallest absolute Gasteiger partial charge is 0.243 e. The number of aryl methyl sites for hydroxylation is 1. The molecule has 0 aliphatic carbocycles. The molecule has 0 atom stereocenters. The summed E-state index contributed by atoms with van der Waals surface area (Å²) in [5.74, 6) is -0.751. The van der Waals surface area contributed by atoms with E-state index in [0.717, 1.165) is 11.8 Å². The zero-order valence-corrected chi connectivity index (χ0v) is 14.1. The van der Waals surface area contributed by atoms with Gasteiger partial charge in [-0.15, -0.1) is 0 Å². The second kappa shape index (κ2) is 6.49. The Morgan fingerprint density at radius 3 is 2.04 bits per heavy atom. The van der Waals surface area contributed by atoms with Gasteiger partial charge >= 0.3 is 0 Å². The van der Waals surface area contributed by atoms with E-state index in [9.17, 15) is 17.2 Å². The van der Waals surface area contributed by atoms with Gasteiger partial charge in [-0.2, -0.15) is 4.31 Å². The molecule has 24 heavy (non-hydrogen) atoms. The molecule has 0 spiro atoms. The van der Waals surface area contributed by atoms with Gasteiger partial charge in [0.2, 0.25) is 10.0 Å². The Morgan fingerprint density at radius 2 is 1.46 bits per heavy atom. The summed E-state index contributed by atoms with van der Waals surface area (Å²) in [6, 6.07) is 9.84. The lowest BCUT2D eigenvalue weighted by Crippen LogP contribution is -2.48. The van der Waals surface area contributed by atoms with E-state index in [0.29, 0.717) is 31.7 Å². The van der Waals surface area contributed by atoms with Crippen molar-refractivity contribution in [1.29, 1.82) is 0 Å². The lowest BCUT2D eigenvalue weighted by atomic mass is 10.2. The van der Waals surface area contributed by atoms with E-state index >= 15 is 0 Å². The molecule has 3 rings (SSSR count). The van der Waals surface area contributed by atoms with Gasteiger partial charge in [-0.1, -0.05) is 0 Å². The highest BCUT2D eigenvalue weighted by atomic mass is 32.2. The summed E-state index contributed by atoms with van der Waals surface area (Å²) in [5, 5.41) is 0. The van der Waals surface area contributed by atoms with Crippen LogP contribution in [0.2, 0.25) is 0 Å². The van der Waals surface area contributed by atoms with Crippen molar-refractivity contribution in [3.05, 3.63) is 59.7 Å². The predicted octanol–water partition coefficient (Wildman–Crippen LogP) is 2.78. The number of piperazine rings is 1. The maximum Gasteiger partial charge on any atom is 0.243 e. The van der Waals surface area contributed by atoms with Gasteiger partial charge in [0.15, 0.2) is 0 Å². The molecule has 0 amide bonds. The minimum atomic E-state index is -3.64. The molecule has 2 aromatic rings. The fraction of sp³-hybridized carbons (Fsp3) is 0.294. The Kier molecular flexibility index (Phi) is 4.56. The molecule has 1 fully saturated rings. The third-order valence-electron chi connectivity index (χ3n) is 4.19. The standard InChI is InChI=1S/C17H18F2N2O2S/c1-13-12-15(19)4-7-17(13)24(22,23)21-10-8-20(9-11-21)16-5-2-14(18)3-6-16/h2-7,12H,8-11H2,1H3. The highest BCUT2D eigenvalue weighted by Crippen LogP contribution is 2.23. The molecular weight excluding hydrogens is 334 g/mol. The van der Waals surface area contributed by atoms with Gasteiger partial charge in [0.25, 0.3) is 0 Å². The van der Waals surface area contributed by atoms with Crippen LogP contribution in [0.25, 0.3) is 0 Å². The van der Waals surface area contributed by atoms with Gasteiger partial charge in [-0.3, -0.25) is 0 Å². The summed E-state index contributed by atoms with van der Waals surface area (Å²) in [7, 11) is -3.64. The molecule has 0 saturated carbocycles. The maximum absolute atomic E-state index is 13.2. The monoisotopic (exact) mass is 352 g/mol. The second-order valence-electron chi connectivity index (χ2n) is 5.78. The van der Waals surface area contributed by atoms with Crippen LogP contribution >= 0.6 is 0 Å². The van der Waals surface area contributed by atoms with E-state index in [1.807, 2.05) is 4.90 Å². The van der Waals surface area contributed by atoms with Gasteiger partial charge in [-0.25, -0.2) is 17.2 Å². The topological polar surface area (TPSA) is 40.6 Å². The van der Waals surface area contributed by atoms with Gasteiger partial charge < -0.3 is 4.90 Å². The van der Waals surface area contributed by atoms with Crippen molar-refractivity contribution in [2.45, 2.75) is 11.8 Å². The number of hydrogen-bond acceptors (Lipinski definition) is 3. The molecule has 1 heterocycles. The molecule has 4 nitrogen and oxygen atoms in total. The fourth-order valence-corrected chi connectivity index (χ4v) is 4.51. The molecule has 0 radical (unpaired) electrons. The molecule has 1 aliphatic heterocycles.